The Morgan fingerprint density at radius 1 is 1.26 bits per heavy atom. The van der Waals surface area contributed by atoms with Gasteiger partial charge in [-0.2, -0.15) is 0 Å². The zero-order valence-electron chi connectivity index (χ0n) is 9.77. The molecule has 0 aliphatic carbocycles. The highest BCUT2D eigenvalue weighted by atomic mass is 16.4. The number of carbonyl (C=O) groups excluding carboxylic acids is 1. The minimum absolute atomic E-state index is 0.0116. The fraction of sp³-hybridized carbons (Fsp3) is 0.100. The number of aromatic nitrogens is 4. The largest absolute Gasteiger partial charge is 0.477 e. The molecule has 0 unspecified atom stereocenters. The lowest BCUT2D eigenvalue weighted by atomic mass is 10.3. The Hall–Kier alpha value is -2.97. The molecule has 0 spiro atoms. The Morgan fingerprint density at radius 3 is 2.26 bits per heavy atom. The van der Waals surface area contributed by atoms with Crippen LogP contribution in [-0.2, 0) is 0 Å². The Bertz CT molecular complexity index is 558. The number of rotatable bonds is 2. The third kappa shape index (κ3) is 3.77. The minimum Gasteiger partial charge on any atom is -0.477 e. The molecule has 2 aromatic rings. The molecule has 0 radical (unpaired) electrons. The van der Waals surface area contributed by atoms with Gasteiger partial charge in [0.2, 0.25) is 5.91 Å². The van der Waals surface area contributed by atoms with E-state index >= 15 is 0 Å². The van der Waals surface area contributed by atoms with E-state index in [0.29, 0.717) is 0 Å². The first-order chi connectivity index (χ1) is 8.93. The molecule has 2 rings (SSSR count). The average molecular weight is 266 g/mol. The number of carbonyl (C=O) groups is 3. The van der Waals surface area contributed by atoms with E-state index in [9.17, 15) is 14.4 Å². The molecule has 9 nitrogen and oxygen atoms in total. The predicted octanol–water partition coefficient (Wildman–Crippen LogP) is 0.349. The molecule has 0 aliphatic heterocycles. The van der Waals surface area contributed by atoms with Crippen molar-refractivity contribution in [1.82, 2.24) is 19.5 Å². The number of H-pyrrole nitrogens is 1. The van der Waals surface area contributed by atoms with Crippen LogP contribution in [0.15, 0.2) is 25.0 Å². The first kappa shape index (κ1) is 14.1. The molecular formula is C10H10N4O5. The lowest BCUT2D eigenvalue weighted by Gasteiger charge is -1.88. The van der Waals surface area contributed by atoms with E-state index in [1.807, 2.05) is 0 Å². The molecule has 0 saturated carbocycles. The third-order valence-electron chi connectivity index (χ3n) is 1.92. The number of hydrogen-bond donors (Lipinski definition) is 3. The van der Waals surface area contributed by atoms with E-state index < -0.39 is 23.3 Å². The van der Waals surface area contributed by atoms with E-state index in [1.54, 1.807) is 12.4 Å². The van der Waals surface area contributed by atoms with Crippen LogP contribution in [0.25, 0.3) is 0 Å². The fourth-order valence-corrected chi connectivity index (χ4v) is 1.06. The summed E-state index contributed by atoms with van der Waals surface area (Å²) in [5, 5.41) is 16.7. The average Bonchev–Trinajstić information content (AvgIpc) is 3.01. The highest BCUT2D eigenvalue weighted by Gasteiger charge is 2.17. The van der Waals surface area contributed by atoms with Crippen LogP contribution < -0.4 is 0 Å². The molecule has 0 fully saturated rings. The summed E-state index contributed by atoms with van der Waals surface area (Å²) >= 11 is 0. The quantitative estimate of drug-likeness (QED) is 0.712. The summed E-state index contributed by atoms with van der Waals surface area (Å²) in [5.74, 6) is -2.70. The first-order valence-corrected chi connectivity index (χ1v) is 4.92. The van der Waals surface area contributed by atoms with Gasteiger partial charge in [0.1, 0.15) is 6.33 Å². The molecule has 0 aromatic carbocycles. The van der Waals surface area contributed by atoms with Gasteiger partial charge in [0.05, 0.1) is 6.33 Å². The molecule has 0 atom stereocenters. The van der Waals surface area contributed by atoms with E-state index in [-0.39, 0.29) is 5.91 Å². The van der Waals surface area contributed by atoms with Crippen molar-refractivity contribution in [3.05, 3.63) is 36.4 Å². The van der Waals surface area contributed by atoms with Gasteiger partial charge < -0.3 is 15.2 Å². The standard InChI is InChI=1S/C5H4N2O4.C5H6N2O/c8-4(9)2-3(5(10)11)7-1-6-2;1-5(8)7-3-2-6-4-7/h1H,(H,6,7)(H,8,9)(H,10,11);2-4H,1H3. The van der Waals surface area contributed by atoms with Gasteiger partial charge in [0, 0.05) is 19.3 Å². The maximum absolute atomic E-state index is 10.4. The van der Waals surface area contributed by atoms with Crippen molar-refractivity contribution in [3.63, 3.8) is 0 Å². The van der Waals surface area contributed by atoms with Gasteiger partial charge in [-0.05, 0) is 0 Å². The lowest BCUT2D eigenvalue weighted by molar-refractivity contribution is 0.0644. The van der Waals surface area contributed by atoms with Crippen LogP contribution in [0, 0.1) is 0 Å². The zero-order valence-corrected chi connectivity index (χ0v) is 9.77. The minimum atomic E-state index is -1.36. The molecule has 100 valence electrons. The monoisotopic (exact) mass is 266 g/mol. The van der Waals surface area contributed by atoms with Crippen LogP contribution in [-0.4, -0.2) is 47.6 Å². The zero-order chi connectivity index (χ0) is 14.4. The smallest absolute Gasteiger partial charge is 0.357 e. The Morgan fingerprint density at radius 2 is 1.95 bits per heavy atom. The SMILES string of the molecule is CC(=O)n1ccnc1.O=C(O)c1nc[nH]c1C(=O)O. The number of carboxylic acid groups (broad SMARTS) is 2. The molecule has 9 heteroatoms. The normalized spacial score (nSPS) is 9.32. The molecule has 19 heavy (non-hydrogen) atoms. The van der Waals surface area contributed by atoms with Gasteiger partial charge in [0.15, 0.2) is 11.4 Å². The van der Waals surface area contributed by atoms with Gasteiger partial charge in [-0.15, -0.1) is 0 Å². The molecule has 0 aliphatic rings. The lowest BCUT2D eigenvalue weighted by Crippen LogP contribution is -2.07. The van der Waals surface area contributed by atoms with Gasteiger partial charge >= 0.3 is 11.9 Å². The van der Waals surface area contributed by atoms with Crippen LogP contribution in [0.1, 0.15) is 32.7 Å². The Kier molecular flexibility index (Phi) is 4.52. The topological polar surface area (TPSA) is 138 Å². The molecule has 3 N–H and O–H groups in total. The molecule has 0 amide bonds. The highest BCUT2D eigenvalue weighted by molar-refractivity contribution is 5.98. The van der Waals surface area contributed by atoms with Crippen molar-refractivity contribution >= 4 is 17.8 Å². The molecule has 0 saturated heterocycles. The predicted molar refractivity (Wildman–Crippen MR) is 61.0 cm³/mol. The summed E-state index contributed by atoms with van der Waals surface area (Å²) in [5.41, 5.74) is -0.880. The van der Waals surface area contributed by atoms with Gasteiger partial charge in [0.25, 0.3) is 0 Å². The van der Waals surface area contributed by atoms with Crippen molar-refractivity contribution in [2.75, 3.05) is 0 Å². The summed E-state index contributed by atoms with van der Waals surface area (Å²) in [4.78, 5) is 40.1. The Labute approximate surface area is 106 Å². The van der Waals surface area contributed by atoms with Crippen LogP contribution in [0.5, 0.6) is 0 Å². The van der Waals surface area contributed by atoms with Gasteiger partial charge in [-0.25, -0.2) is 19.6 Å². The summed E-state index contributed by atoms with van der Waals surface area (Å²) in [6.45, 7) is 1.49. The second kappa shape index (κ2) is 6.10. The van der Waals surface area contributed by atoms with E-state index in [0.717, 1.165) is 6.33 Å². The van der Waals surface area contributed by atoms with Crippen LogP contribution in [0.4, 0.5) is 0 Å². The number of aromatic carboxylic acids is 2. The van der Waals surface area contributed by atoms with Crippen molar-refractivity contribution in [3.8, 4) is 0 Å². The summed E-state index contributed by atoms with van der Waals surface area (Å²) in [6, 6.07) is 0. The summed E-state index contributed by atoms with van der Waals surface area (Å²) < 4.78 is 1.42. The van der Waals surface area contributed by atoms with Gasteiger partial charge in [-0.1, -0.05) is 0 Å². The van der Waals surface area contributed by atoms with Crippen molar-refractivity contribution in [1.29, 1.82) is 0 Å². The van der Waals surface area contributed by atoms with E-state index in [1.165, 1.54) is 17.8 Å². The number of carboxylic acids is 2. The second-order valence-electron chi connectivity index (χ2n) is 3.23. The number of hydrogen-bond acceptors (Lipinski definition) is 5. The van der Waals surface area contributed by atoms with Crippen LogP contribution >= 0.6 is 0 Å². The number of nitrogens with one attached hydrogen (secondary N) is 1. The number of imidazole rings is 2. The van der Waals surface area contributed by atoms with Crippen molar-refractivity contribution < 1.29 is 24.6 Å². The molecule has 2 aromatic heterocycles. The van der Waals surface area contributed by atoms with Crippen LogP contribution in [0.2, 0.25) is 0 Å². The maximum Gasteiger partial charge on any atom is 0.357 e. The van der Waals surface area contributed by atoms with Crippen molar-refractivity contribution in [2.24, 2.45) is 0 Å². The van der Waals surface area contributed by atoms with Crippen LogP contribution in [0.3, 0.4) is 0 Å². The first-order valence-electron chi connectivity index (χ1n) is 4.92. The highest BCUT2D eigenvalue weighted by Crippen LogP contribution is 2.01. The summed E-state index contributed by atoms with van der Waals surface area (Å²) in [7, 11) is 0. The fourth-order valence-electron chi connectivity index (χ4n) is 1.06. The number of nitrogens with zero attached hydrogens (tertiary/aromatic N) is 3. The molecule has 2 heterocycles. The molecule has 0 bridgehead atoms. The van der Waals surface area contributed by atoms with Crippen molar-refractivity contribution in [2.45, 2.75) is 6.92 Å². The maximum atomic E-state index is 10.4. The third-order valence-corrected chi connectivity index (χ3v) is 1.92. The van der Waals surface area contributed by atoms with E-state index in [4.69, 9.17) is 10.2 Å². The van der Waals surface area contributed by atoms with E-state index in [2.05, 4.69) is 15.0 Å². The number of aromatic amines is 1. The Balaban J connectivity index is 0.000000200. The second-order valence-corrected chi connectivity index (χ2v) is 3.23. The summed E-state index contributed by atoms with van der Waals surface area (Å²) in [6.07, 6.45) is 5.68. The van der Waals surface area contributed by atoms with Gasteiger partial charge in [-0.3, -0.25) is 9.36 Å². The molecular weight excluding hydrogens is 256 g/mol.